The van der Waals surface area contributed by atoms with E-state index in [4.69, 9.17) is 11.6 Å². The van der Waals surface area contributed by atoms with Crippen LogP contribution in [0.15, 0.2) is 75.6 Å². The Hall–Kier alpha value is -3.16. The molecule has 0 N–H and O–H groups in total. The second-order valence-electron chi connectivity index (χ2n) is 6.99. The third-order valence-corrected chi connectivity index (χ3v) is 6.39. The number of fused-ring (bicyclic) bond motifs is 3. The molecule has 6 nitrogen and oxygen atoms in total. The largest absolute Gasteiger partial charge is 0.352 e. The Morgan fingerprint density at radius 1 is 0.967 bits per heavy atom. The molecule has 5 aromatic rings. The van der Waals surface area contributed by atoms with Crippen LogP contribution >= 0.6 is 22.9 Å². The summed E-state index contributed by atoms with van der Waals surface area (Å²) in [6, 6.07) is 19.1. The second-order valence-corrected chi connectivity index (χ2v) is 8.32. The predicted octanol–water partition coefficient (Wildman–Crippen LogP) is 3.82. The van der Waals surface area contributed by atoms with Crippen molar-refractivity contribution < 1.29 is 0 Å². The fourth-order valence-electron chi connectivity index (χ4n) is 3.61. The number of hydrogen-bond acceptors (Lipinski definition) is 4. The molecule has 0 bridgehead atoms. The molecule has 0 amide bonds. The number of benzene rings is 2. The predicted molar refractivity (Wildman–Crippen MR) is 120 cm³/mol. The summed E-state index contributed by atoms with van der Waals surface area (Å²) in [6.07, 6.45) is 0.666. The molecule has 30 heavy (non-hydrogen) atoms. The van der Waals surface area contributed by atoms with Crippen LogP contribution in [0.4, 0.5) is 0 Å². The molecule has 8 heteroatoms. The van der Waals surface area contributed by atoms with Gasteiger partial charge in [0.25, 0.3) is 5.56 Å². The number of halogens is 1. The molecule has 0 saturated carbocycles. The SMILES string of the molecule is O=c1c2sccc2n2c(=O)n(Cc3ccccc3Cl)nc2n1CCc1ccccc1. The van der Waals surface area contributed by atoms with Crippen LogP contribution in [0.3, 0.4) is 0 Å². The van der Waals surface area contributed by atoms with E-state index in [0.717, 1.165) is 11.1 Å². The Kier molecular flexibility index (Phi) is 4.77. The molecule has 0 aliphatic carbocycles. The molecule has 0 fully saturated rings. The van der Waals surface area contributed by atoms with Gasteiger partial charge in [-0.1, -0.05) is 60.1 Å². The number of hydrogen-bond donors (Lipinski definition) is 0. The number of aryl methyl sites for hydroxylation is 2. The van der Waals surface area contributed by atoms with E-state index in [9.17, 15) is 9.59 Å². The van der Waals surface area contributed by atoms with E-state index in [2.05, 4.69) is 5.10 Å². The Bertz CT molecular complexity index is 1480. The Morgan fingerprint density at radius 3 is 2.53 bits per heavy atom. The Morgan fingerprint density at radius 2 is 1.73 bits per heavy atom. The lowest BCUT2D eigenvalue weighted by molar-refractivity contribution is 0.645. The van der Waals surface area contributed by atoms with Gasteiger partial charge in [-0.2, -0.15) is 0 Å². The summed E-state index contributed by atoms with van der Waals surface area (Å²) in [4.78, 5) is 26.3. The highest BCUT2D eigenvalue weighted by molar-refractivity contribution is 7.17. The third kappa shape index (κ3) is 3.16. The molecule has 150 valence electrons. The molecule has 0 atom stereocenters. The van der Waals surface area contributed by atoms with Gasteiger partial charge in [0.1, 0.15) is 4.70 Å². The first kappa shape index (κ1) is 18.8. The van der Waals surface area contributed by atoms with Crippen molar-refractivity contribution in [1.82, 2.24) is 18.7 Å². The fraction of sp³-hybridized carbons (Fsp3) is 0.136. The Labute approximate surface area is 180 Å². The highest BCUT2D eigenvalue weighted by Crippen LogP contribution is 2.19. The average molecular weight is 437 g/mol. The molecule has 0 aliphatic heterocycles. The van der Waals surface area contributed by atoms with Gasteiger partial charge in [-0.25, -0.2) is 13.9 Å². The summed E-state index contributed by atoms with van der Waals surface area (Å²) in [7, 11) is 0. The summed E-state index contributed by atoms with van der Waals surface area (Å²) in [6.45, 7) is 0.668. The number of rotatable bonds is 5. The zero-order valence-corrected chi connectivity index (χ0v) is 17.4. The maximum Gasteiger partial charge on any atom is 0.352 e. The van der Waals surface area contributed by atoms with Crippen molar-refractivity contribution in [1.29, 1.82) is 0 Å². The molecule has 5 rings (SSSR count). The highest BCUT2D eigenvalue weighted by Gasteiger charge is 2.18. The van der Waals surface area contributed by atoms with Gasteiger partial charge in [-0.15, -0.1) is 16.4 Å². The van der Waals surface area contributed by atoms with Crippen molar-refractivity contribution in [3.8, 4) is 0 Å². The van der Waals surface area contributed by atoms with Crippen LogP contribution in [-0.2, 0) is 19.5 Å². The van der Waals surface area contributed by atoms with E-state index in [0.29, 0.717) is 34.0 Å². The summed E-state index contributed by atoms with van der Waals surface area (Å²) in [5.41, 5.74) is 2.09. The van der Waals surface area contributed by atoms with Crippen molar-refractivity contribution in [2.75, 3.05) is 0 Å². The van der Waals surface area contributed by atoms with Crippen LogP contribution in [0.1, 0.15) is 11.1 Å². The van der Waals surface area contributed by atoms with E-state index >= 15 is 0 Å². The van der Waals surface area contributed by atoms with Gasteiger partial charge in [0.2, 0.25) is 5.78 Å². The van der Waals surface area contributed by atoms with Gasteiger partial charge in [-0.3, -0.25) is 9.36 Å². The number of aromatic nitrogens is 4. The first-order valence-electron chi connectivity index (χ1n) is 9.50. The molecular formula is C22H17ClN4O2S. The summed E-state index contributed by atoms with van der Waals surface area (Å²) >= 11 is 7.61. The lowest BCUT2D eigenvalue weighted by Crippen LogP contribution is -2.26. The van der Waals surface area contributed by atoms with E-state index in [1.165, 1.54) is 20.4 Å². The Balaban J connectivity index is 1.67. The molecular weight excluding hydrogens is 420 g/mol. The molecule has 0 radical (unpaired) electrons. The minimum absolute atomic E-state index is 0.127. The molecule has 0 unspecified atom stereocenters. The van der Waals surface area contributed by atoms with Gasteiger partial charge in [0, 0.05) is 11.6 Å². The maximum atomic E-state index is 13.2. The molecule has 2 aromatic carbocycles. The van der Waals surface area contributed by atoms with Crippen LogP contribution in [0, 0.1) is 0 Å². The van der Waals surface area contributed by atoms with Gasteiger partial charge in [0.05, 0.1) is 12.1 Å². The van der Waals surface area contributed by atoms with Crippen LogP contribution in [0.2, 0.25) is 5.02 Å². The van der Waals surface area contributed by atoms with Gasteiger partial charge in [0.15, 0.2) is 0 Å². The smallest absolute Gasteiger partial charge is 0.275 e. The van der Waals surface area contributed by atoms with E-state index in [-0.39, 0.29) is 17.8 Å². The minimum atomic E-state index is -0.290. The molecule has 3 aromatic heterocycles. The third-order valence-electron chi connectivity index (χ3n) is 5.13. The summed E-state index contributed by atoms with van der Waals surface area (Å²) in [5.74, 6) is 0.346. The van der Waals surface area contributed by atoms with Crippen molar-refractivity contribution in [3.63, 3.8) is 0 Å². The van der Waals surface area contributed by atoms with Crippen LogP contribution in [-0.4, -0.2) is 18.7 Å². The fourth-order valence-corrected chi connectivity index (χ4v) is 4.63. The van der Waals surface area contributed by atoms with Crippen LogP contribution in [0.25, 0.3) is 16.0 Å². The van der Waals surface area contributed by atoms with E-state index in [1.54, 1.807) is 16.7 Å². The monoisotopic (exact) mass is 436 g/mol. The van der Waals surface area contributed by atoms with Crippen LogP contribution < -0.4 is 11.2 Å². The summed E-state index contributed by atoms with van der Waals surface area (Å²) < 4.78 is 5.03. The highest BCUT2D eigenvalue weighted by atomic mass is 35.5. The first-order chi connectivity index (χ1) is 14.6. The van der Waals surface area contributed by atoms with Gasteiger partial charge >= 0.3 is 5.69 Å². The zero-order chi connectivity index (χ0) is 20.7. The quantitative estimate of drug-likeness (QED) is 0.421. The van der Waals surface area contributed by atoms with Gasteiger partial charge in [-0.05, 0) is 35.1 Å². The lowest BCUT2D eigenvalue weighted by Gasteiger charge is -2.08. The first-order valence-corrected chi connectivity index (χ1v) is 10.8. The van der Waals surface area contributed by atoms with Gasteiger partial charge < -0.3 is 0 Å². The van der Waals surface area contributed by atoms with Crippen molar-refractivity contribution in [2.45, 2.75) is 19.5 Å². The molecule has 0 aliphatic rings. The normalized spacial score (nSPS) is 11.5. The van der Waals surface area contributed by atoms with E-state index < -0.39 is 0 Å². The maximum absolute atomic E-state index is 13.2. The summed E-state index contributed by atoms with van der Waals surface area (Å²) in [5, 5.41) is 6.92. The average Bonchev–Trinajstić information content (AvgIpc) is 3.36. The molecule has 0 saturated heterocycles. The molecule has 0 spiro atoms. The number of thiophene rings is 1. The topological polar surface area (TPSA) is 61.3 Å². The zero-order valence-electron chi connectivity index (χ0n) is 15.9. The van der Waals surface area contributed by atoms with E-state index in [1.807, 2.05) is 53.9 Å². The van der Waals surface area contributed by atoms with Crippen molar-refractivity contribution in [3.05, 3.63) is 103 Å². The second kappa shape index (κ2) is 7.59. The lowest BCUT2D eigenvalue weighted by atomic mass is 10.1. The van der Waals surface area contributed by atoms with Crippen LogP contribution in [0.5, 0.6) is 0 Å². The standard InChI is InChI=1S/C22H17ClN4O2S/c23-17-9-5-4-8-16(17)14-26-22(29)27-18-11-13-30-19(18)20(28)25(21(27)24-26)12-10-15-6-2-1-3-7-15/h1-9,11,13H,10,12,14H2. The minimum Gasteiger partial charge on any atom is -0.275 e. The number of nitrogens with zero attached hydrogens (tertiary/aromatic N) is 4. The van der Waals surface area contributed by atoms with Crippen molar-refractivity contribution >= 4 is 38.9 Å². The van der Waals surface area contributed by atoms with Crippen molar-refractivity contribution in [2.24, 2.45) is 0 Å². The molecule has 3 heterocycles.